The van der Waals surface area contributed by atoms with E-state index < -0.39 is 0 Å². The molecule has 0 aromatic carbocycles. The Morgan fingerprint density at radius 3 is 3.08 bits per heavy atom. The normalized spacial score (nSPS) is 10.6. The predicted octanol–water partition coefficient (Wildman–Crippen LogP) is 0.00740. The van der Waals surface area contributed by atoms with Gasteiger partial charge in [-0.3, -0.25) is 9.48 Å². The summed E-state index contributed by atoms with van der Waals surface area (Å²) in [6.07, 6.45) is 4.79. The number of nitrogens with one attached hydrogen (secondary N) is 1. The molecule has 0 aliphatic carbocycles. The van der Waals surface area contributed by atoms with Crippen LogP contribution in [0.5, 0.6) is 0 Å². The fourth-order valence-corrected chi connectivity index (χ4v) is 0.859. The van der Waals surface area contributed by atoms with Gasteiger partial charge < -0.3 is 5.32 Å². The predicted molar refractivity (Wildman–Crippen MR) is 47.7 cm³/mol. The highest BCUT2D eigenvalue weighted by Crippen LogP contribution is 1.91. The van der Waals surface area contributed by atoms with Crippen molar-refractivity contribution in [3.8, 4) is 0 Å². The maximum atomic E-state index is 11.0. The third kappa shape index (κ3) is 2.70. The summed E-state index contributed by atoms with van der Waals surface area (Å²) in [6.45, 7) is 2.25. The van der Waals surface area contributed by atoms with E-state index in [1.807, 2.05) is 0 Å². The molecule has 5 heteroatoms. The fourth-order valence-electron chi connectivity index (χ4n) is 0.859. The Bertz CT molecular complexity index is 316. The fraction of sp³-hybridized carbons (Fsp3) is 0.375. The zero-order chi connectivity index (χ0) is 9.68. The van der Waals surface area contributed by atoms with E-state index in [1.54, 1.807) is 30.9 Å². The van der Waals surface area contributed by atoms with Crippen LogP contribution in [0.1, 0.15) is 12.6 Å². The summed E-state index contributed by atoms with van der Waals surface area (Å²) in [5.41, 5.74) is 0.873. The second-order valence-electron chi connectivity index (χ2n) is 2.57. The molecule has 0 saturated carbocycles. The molecule has 13 heavy (non-hydrogen) atoms. The lowest BCUT2D eigenvalue weighted by molar-refractivity contribution is -0.116. The standard InChI is InChI=1S/C8H12N4O/c1-3-4-8(13)9-5-7-6-10-11-12(7)2/h3-4,6H,5H2,1-2H3,(H,9,13)/b4-3+. The van der Waals surface area contributed by atoms with Crippen molar-refractivity contribution in [2.75, 3.05) is 0 Å². The molecule has 0 spiro atoms. The third-order valence-electron chi connectivity index (χ3n) is 1.57. The van der Waals surface area contributed by atoms with E-state index in [1.165, 1.54) is 6.08 Å². The summed E-state index contributed by atoms with van der Waals surface area (Å²) in [5, 5.41) is 10.1. The minimum absolute atomic E-state index is 0.108. The lowest BCUT2D eigenvalue weighted by atomic mass is 10.4. The molecule has 0 fully saturated rings. The molecule has 1 aromatic rings. The molecule has 0 bridgehead atoms. The van der Waals surface area contributed by atoms with E-state index in [0.29, 0.717) is 6.54 Å². The number of carbonyl (C=O) groups excluding carboxylic acids is 1. The minimum Gasteiger partial charge on any atom is -0.347 e. The second-order valence-corrected chi connectivity index (χ2v) is 2.57. The first-order chi connectivity index (χ1) is 6.24. The third-order valence-corrected chi connectivity index (χ3v) is 1.57. The van der Waals surface area contributed by atoms with Crippen molar-refractivity contribution in [3.63, 3.8) is 0 Å². The van der Waals surface area contributed by atoms with E-state index in [-0.39, 0.29) is 5.91 Å². The van der Waals surface area contributed by atoms with Gasteiger partial charge >= 0.3 is 0 Å². The number of carbonyl (C=O) groups is 1. The number of hydrogen-bond acceptors (Lipinski definition) is 3. The Hall–Kier alpha value is -1.65. The highest BCUT2D eigenvalue weighted by Gasteiger charge is 2.00. The highest BCUT2D eigenvalue weighted by molar-refractivity contribution is 5.87. The van der Waals surface area contributed by atoms with Crippen LogP contribution in [0.4, 0.5) is 0 Å². The topological polar surface area (TPSA) is 59.8 Å². The molecule has 5 nitrogen and oxygen atoms in total. The number of allylic oxidation sites excluding steroid dienone is 1. The second kappa shape index (κ2) is 4.39. The monoisotopic (exact) mass is 180 g/mol. The molecule has 1 aromatic heterocycles. The van der Waals surface area contributed by atoms with Gasteiger partial charge in [0.05, 0.1) is 18.4 Å². The van der Waals surface area contributed by atoms with Gasteiger partial charge in [0.25, 0.3) is 0 Å². The maximum Gasteiger partial charge on any atom is 0.243 e. The average Bonchev–Trinajstić information content (AvgIpc) is 2.48. The summed E-state index contributed by atoms with van der Waals surface area (Å²) < 4.78 is 1.62. The van der Waals surface area contributed by atoms with Gasteiger partial charge in [0.15, 0.2) is 0 Å². The van der Waals surface area contributed by atoms with Crippen molar-refractivity contribution >= 4 is 5.91 Å². The van der Waals surface area contributed by atoms with Crippen LogP contribution in [0.3, 0.4) is 0 Å². The summed E-state index contributed by atoms with van der Waals surface area (Å²) in [7, 11) is 1.78. The van der Waals surface area contributed by atoms with Crippen molar-refractivity contribution in [3.05, 3.63) is 24.0 Å². The first-order valence-corrected chi connectivity index (χ1v) is 3.98. The van der Waals surface area contributed by atoms with Gasteiger partial charge in [-0.15, -0.1) is 5.10 Å². The highest BCUT2D eigenvalue weighted by atomic mass is 16.1. The van der Waals surface area contributed by atoms with Crippen molar-refractivity contribution in [2.24, 2.45) is 7.05 Å². The van der Waals surface area contributed by atoms with E-state index in [9.17, 15) is 4.79 Å². The molecule has 1 amide bonds. The average molecular weight is 180 g/mol. The van der Waals surface area contributed by atoms with E-state index in [2.05, 4.69) is 15.6 Å². The Morgan fingerprint density at radius 2 is 2.54 bits per heavy atom. The summed E-state index contributed by atoms with van der Waals surface area (Å²) in [4.78, 5) is 11.0. The van der Waals surface area contributed by atoms with Crippen LogP contribution in [0.25, 0.3) is 0 Å². The van der Waals surface area contributed by atoms with Crippen LogP contribution < -0.4 is 5.32 Å². The first-order valence-electron chi connectivity index (χ1n) is 3.98. The molecule has 0 aliphatic heterocycles. The van der Waals surface area contributed by atoms with Crippen LogP contribution in [-0.2, 0) is 18.4 Å². The first kappa shape index (κ1) is 9.44. The smallest absolute Gasteiger partial charge is 0.243 e. The van der Waals surface area contributed by atoms with Gasteiger partial charge in [0, 0.05) is 7.05 Å². The number of nitrogens with zero attached hydrogens (tertiary/aromatic N) is 3. The lowest BCUT2D eigenvalue weighted by Crippen LogP contribution is -2.21. The van der Waals surface area contributed by atoms with Crippen LogP contribution in [0.2, 0.25) is 0 Å². The van der Waals surface area contributed by atoms with Gasteiger partial charge in [0.2, 0.25) is 5.91 Å². The van der Waals surface area contributed by atoms with Crippen LogP contribution in [0, 0.1) is 0 Å². The number of aromatic nitrogens is 3. The van der Waals surface area contributed by atoms with E-state index in [4.69, 9.17) is 0 Å². The number of amides is 1. The van der Waals surface area contributed by atoms with E-state index in [0.717, 1.165) is 5.69 Å². The van der Waals surface area contributed by atoms with Crippen molar-refractivity contribution < 1.29 is 4.79 Å². The molecule has 1 rings (SSSR count). The van der Waals surface area contributed by atoms with Crippen molar-refractivity contribution in [2.45, 2.75) is 13.5 Å². The van der Waals surface area contributed by atoms with Gasteiger partial charge in [-0.2, -0.15) is 0 Å². The van der Waals surface area contributed by atoms with Crippen LogP contribution in [0.15, 0.2) is 18.3 Å². The van der Waals surface area contributed by atoms with E-state index >= 15 is 0 Å². The Balaban J connectivity index is 2.44. The molecule has 0 saturated heterocycles. The number of rotatable bonds is 3. The van der Waals surface area contributed by atoms with Gasteiger partial charge in [-0.1, -0.05) is 11.3 Å². The quantitative estimate of drug-likeness (QED) is 0.666. The molecular weight excluding hydrogens is 168 g/mol. The Kier molecular flexibility index (Phi) is 3.19. The van der Waals surface area contributed by atoms with Crippen LogP contribution in [-0.4, -0.2) is 20.9 Å². The largest absolute Gasteiger partial charge is 0.347 e. The van der Waals surface area contributed by atoms with Crippen molar-refractivity contribution in [1.82, 2.24) is 20.3 Å². The van der Waals surface area contributed by atoms with Crippen molar-refractivity contribution in [1.29, 1.82) is 0 Å². The molecule has 1 heterocycles. The number of aryl methyl sites for hydroxylation is 1. The molecule has 0 atom stereocenters. The zero-order valence-electron chi connectivity index (χ0n) is 7.69. The summed E-state index contributed by atoms with van der Waals surface area (Å²) in [6, 6.07) is 0. The molecule has 0 aliphatic rings. The van der Waals surface area contributed by atoms with Crippen LogP contribution >= 0.6 is 0 Å². The van der Waals surface area contributed by atoms with Gasteiger partial charge in [0.1, 0.15) is 0 Å². The molecular formula is C8H12N4O. The molecule has 1 N–H and O–H groups in total. The molecule has 0 radical (unpaired) electrons. The summed E-state index contributed by atoms with van der Waals surface area (Å²) in [5.74, 6) is -0.108. The van der Waals surface area contributed by atoms with Gasteiger partial charge in [-0.25, -0.2) is 0 Å². The Morgan fingerprint density at radius 1 is 1.77 bits per heavy atom. The molecule has 70 valence electrons. The zero-order valence-corrected chi connectivity index (χ0v) is 7.69. The number of hydrogen-bond donors (Lipinski definition) is 1. The summed E-state index contributed by atoms with van der Waals surface area (Å²) >= 11 is 0. The Labute approximate surface area is 76.4 Å². The maximum absolute atomic E-state index is 11.0. The van der Waals surface area contributed by atoms with Gasteiger partial charge in [-0.05, 0) is 13.0 Å². The minimum atomic E-state index is -0.108. The molecule has 0 unspecified atom stereocenters. The lowest BCUT2D eigenvalue weighted by Gasteiger charge is -2.00. The SMILES string of the molecule is C/C=C/C(=O)NCc1cnnn1C.